The van der Waals surface area contributed by atoms with E-state index in [2.05, 4.69) is 19.2 Å². The van der Waals surface area contributed by atoms with Gasteiger partial charge in [0.2, 0.25) is 0 Å². The molecule has 96 valence electrons. The molecule has 0 aromatic carbocycles. The minimum Gasteiger partial charge on any atom is -0.394 e. The highest BCUT2D eigenvalue weighted by Crippen LogP contribution is 2.28. The van der Waals surface area contributed by atoms with Crippen LogP contribution in [0.25, 0.3) is 0 Å². The van der Waals surface area contributed by atoms with E-state index in [1.54, 1.807) is 0 Å². The molecule has 0 radical (unpaired) electrons. The molecule has 16 heavy (non-hydrogen) atoms. The van der Waals surface area contributed by atoms with Crippen molar-refractivity contribution >= 4 is 0 Å². The number of ether oxygens (including phenoxy) is 2. The Morgan fingerprint density at radius 1 is 1.44 bits per heavy atom. The first-order valence-electron chi connectivity index (χ1n) is 6.21. The molecule has 1 aliphatic rings. The van der Waals surface area contributed by atoms with Gasteiger partial charge in [-0.15, -0.1) is 0 Å². The number of rotatable bonds is 8. The van der Waals surface area contributed by atoms with Crippen molar-refractivity contribution in [2.75, 3.05) is 32.9 Å². The third kappa shape index (κ3) is 5.80. The van der Waals surface area contributed by atoms with E-state index < -0.39 is 0 Å². The van der Waals surface area contributed by atoms with Gasteiger partial charge in [-0.2, -0.15) is 0 Å². The number of aliphatic hydroxyl groups is 1. The molecule has 0 amide bonds. The van der Waals surface area contributed by atoms with Crippen molar-refractivity contribution in [2.24, 2.45) is 0 Å². The van der Waals surface area contributed by atoms with Gasteiger partial charge in [-0.3, -0.25) is 0 Å². The van der Waals surface area contributed by atoms with E-state index in [9.17, 15) is 0 Å². The van der Waals surface area contributed by atoms with E-state index >= 15 is 0 Å². The van der Waals surface area contributed by atoms with Crippen molar-refractivity contribution in [3.05, 3.63) is 0 Å². The Hall–Kier alpha value is -0.160. The maximum absolute atomic E-state index is 8.50. The zero-order valence-electron chi connectivity index (χ0n) is 10.5. The van der Waals surface area contributed by atoms with E-state index in [4.69, 9.17) is 14.6 Å². The van der Waals surface area contributed by atoms with Crippen molar-refractivity contribution in [1.29, 1.82) is 0 Å². The third-order valence-electron chi connectivity index (χ3n) is 2.80. The second-order valence-electron chi connectivity index (χ2n) is 4.93. The highest BCUT2D eigenvalue weighted by molar-refractivity contribution is 4.81. The molecule has 1 rings (SSSR count). The predicted molar refractivity (Wildman–Crippen MR) is 63.6 cm³/mol. The molecule has 0 bridgehead atoms. The van der Waals surface area contributed by atoms with Crippen LogP contribution in [0.1, 0.15) is 33.1 Å². The van der Waals surface area contributed by atoms with Crippen LogP contribution in [-0.2, 0) is 9.47 Å². The van der Waals surface area contributed by atoms with Gasteiger partial charge in [0, 0.05) is 13.2 Å². The molecule has 2 N–H and O–H groups in total. The molecule has 0 spiro atoms. The Labute approximate surface area is 98.3 Å². The molecule has 0 aromatic rings. The van der Waals surface area contributed by atoms with Crippen LogP contribution in [0.4, 0.5) is 0 Å². The average molecular weight is 231 g/mol. The van der Waals surface area contributed by atoms with Gasteiger partial charge >= 0.3 is 0 Å². The summed E-state index contributed by atoms with van der Waals surface area (Å²) in [4.78, 5) is 0. The summed E-state index contributed by atoms with van der Waals surface area (Å²) in [6, 6.07) is 0. The molecule has 1 atom stereocenters. The molecule has 1 heterocycles. The highest BCUT2D eigenvalue weighted by Gasteiger charge is 2.30. The Bertz CT molecular complexity index is 185. The molecule has 4 heteroatoms. The van der Waals surface area contributed by atoms with E-state index in [-0.39, 0.29) is 12.2 Å². The predicted octanol–water partition coefficient (Wildman–Crippen LogP) is 0.933. The summed E-state index contributed by atoms with van der Waals surface area (Å²) in [5.74, 6) is 0. The Morgan fingerprint density at radius 3 is 2.88 bits per heavy atom. The van der Waals surface area contributed by atoms with Crippen LogP contribution in [0.3, 0.4) is 0 Å². The summed E-state index contributed by atoms with van der Waals surface area (Å²) in [5.41, 5.74) is 0.0661. The standard InChI is InChI=1S/C12H25NO3/c1-12(2)5-4-11(16-12)10-13-6-3-8-15-9-7-14/h11,13-14H,3-10H2,1-2H3. The van der Waals surface area contributed by atoms with Crippen molar-refractivity contribution < 1.29 is 14.6 Å². The maximum atomic E-state index is 8.50. The normalized spacial score (nSPS) is 23.8. The summed E-state index contributed by atoms with van der Waals surface area (Å²) < 4.78 is 11.0. The van der Waals surface area contributed by atoms with E-state index in [1.807, 2.05) is 0 Å². The van der Waals surface area contributed by atoms with Crippen LogP contribution in [0, 0.1) is 0 Å². The van der Waals surface area contributed by atoms with Crippen molar-refractivity contribution in [3.8, 4) is 0 Å². The molecular formula is C12H25NO3. The topological polar surface area (TPSA) is 50.7 Å². The Balaban J connectivity index is 1.88. The zero-order chi connectivity index (χ0) is 11.9. The van der Waals surface area contributed by atoms with Gasteiger partial charge in [0.15, 0.2) is 0 Å². The third-order valence-corrected chi connectivity index (χ3v) is 2.80. The van der Waals surface area contributed by atoms with Crippen LogP contribution in [-0.4, -0.2) is 49.7 Å². The lowest BCUT2D eigenvalue weighted by Crippen LogP contribution is -2.30. The quantitative estimate of drug-likeness (QED) is 0.610. The monoisotopic (exact) mass is 231 g/mol. The molecule has 0 saturated carbocycles. The van der Waals surface area contributed by atoms with Crippen molar-refractivity contribution in [3.63, 3.8) is 0 Å². The summed E-state index contributed by atoms with van der Waals surface area (Å²) in [7, 11) is 0. The fraction of sp³-hybridized carbons (Fsp3) is 1.00. The molecule has 0 aliphatic carbocycles. The summed E-state index contributed by atoms with van der Waals surface area (Å²) in [6.45, 7) is 7.45. The smallest absolute Gasteiger partial charge is 0.0707 e. The zero-order valence-corrected chi connectivity index (χ0v) is 10.5. The van der Waals surface area contributed by atoms with Crippen LogP contribution in [0.15, 0.2) is 0 Å². The Kier molecular flexibility index (Phi) is 6.28. The van der Waals surface area contributed by atoms with Gasteiger partial charge in [0.25, 0.3) is 0 Å². The number of aliphatic hydroxyl groups excluding tert-OH is 1. The van der Waals surface area contributed by atoms with E-state index in [0.29, 0.717) is 19.3 Å². The van der Waals surface area contributed by atoms with Gasteiger partial charge < -0.3 is 19.9 Å². The van der Waals surface area contributed by atoms with Gasteiger partial charge in [-0.25, -0.2) is 0 Å². The molecule has 0 aromatic heterocycles. The van der Waals surface area contributed by atoms with Crippen LogP contribution in [0.2, 0.25) is 0 Å². The lowest BCUT2D eigenvalue weighted by Gasteiger charge is -2.19. The average Bonchev–Trinajstić information content (AvgIpc) is 2.57. The molecule has 1 unspecified atom stereocenters. The minimum atomic E-state index is 0.0661. The van der Waals surface area contributed by atoms with Gasteiger partial charge in [0.1, 0.15) is 0 Å². The maximum Gasteiger partial charge on any atom is 0.0707 e. The van der Waals surface area contributed by atoms with Gasteiger partial charge in [-0.1, -0.05) is 0 Å². The first-order valence-corrected chi connectivity index (χ1v) is 6.21. The van der Waals surface area contributed by atoms with E-state index in [1.165, 1.54) is 0 Å². The van der Waals surface area contributed by atoms with Gasteiger partial charge in [-0.05, 0) is 39.7 Å². The number of hydrogen-bond donors (Lipinski definition) is 2. The molecular weight excluding hydrogens is 206 g/mol. The minimum absolute atomic E-state index is 0.0661. The van der Waals surface area contributed by atoms with Crippen LogP contribution >= 0.6 is 0 Å². The van der Waals surface area contributed by atoms with Crippen molar-refractivity contribution in [2.45, 2.75) is 44.8 Å². The summed E-state index contributed by atoms with van der Waals surface area (Å²) >= 11 is 0. The second-order valence-corrected chi connectivity index (χ2v) is 4.93. The first-order chi connectivity index (χ1) is 7.64. The molecule has 4 nitrogen and oxygen atoms in total. The molecule has 1 fully saturated rings. The van der Waals surface area contributed by atoms with Crippen molar-refractivity contribution in [1.82, 2.24) is 5.32 Å². The summed E-state index contributed by atoms with van der Waals surface area (Å²) in [5, 5.41) is 11.9. The SMILES string of the molecule is CC1(C)CCC(CNCCCOCCO)O1. The van der Waals surface area contributed by atoms with Gasteiger partial charge in [0.05, 0.1) is 24.9 Å². The lowest BCUT2D eigenvalue weighted by molar-refractivity contribution is -0.0143. The highest BCUT2D eigenvalue weighted by atomic mass is 16.5. The number of nitrogens with one attached hydrogen (secondary N) is 1. The fourth-order valence-electron chi connectivity index (χ4n) is 1.95. The van der Waals surface area contributed by atoms with Crippen LogP contribution in [0.5, 0.6) is 0 Å². The lowest BCUT2D eigenvalue weighted by atomic mass is 10.1. The fourth-order valence-corrected chi connectivity index (χ4v) is 1.95. The second kappa shape index (κ2) is 7.22. The first kappa shape index (κ1) is 13.9. The summed E-state index contributed by atoms with van der Waals surface area (Å²) in [6.07, 6.45) is 3.66. The molecule has 1 aliphatic heterocycles. The Morgan fingerprint density at radius 2 is 2.25 bits per heavy atom. The molecule has 1 saturated heterocycles. The largest absolute Gasteiger partial charge is 0.394 e. The van der Waals surface area contributed by atoms with Crippen LogP contribution < -0.4 is 5.32 Å². The number of hydrogen-bond acceptors (Lipinski definition) is 4. The van der Waals surface area contributed by atoms with E-state index in [0.717, 1.165) is 32.4 Å².